The Morgan fingerprint density at radius 3 is 2.53 bits per heavy atom. The lowest BCUT2D eigenvalue weighted by Crippen LogP contribution is -2.42. The molecule has 0 unspecified atom stereocenters. The van der Waals surface area contributed by atoms with Crippen molar-refractivity contribution in [3.63, 3.8) is 0 Å². The van der Waals surface area contributed by atoms with Gasteiger partial charge in [0.05, 0.1) is 0 Å². The molecule has 2 N–H and O–H groups in total. The molecule has 0 aliphatic rings. The first-order chi connectivity index (χ1) is 9.02. The van der Waals surface area contributed by atoms with Gasteiger partial charge in [-0.05, 0) is 30.7 Å². The van der Waals surface area contributed by atoms with Crippen LogP contribution in [0.15, 0.2) is 28.7 Å². The maximum absolute atomic E-state index is 11.6. The van der Waals surface area contributed by atoms with Crippen molar-refractivity contribution in [1.29, 1.82) is 0 Å². The van der Waals surface area contributed by atoms with Crippen molar-refractivity contribution in [2.24, 2.45) is 0 Å². The largest absolute Gasteiger partial charge is 0.484 e. The molecule has 0 spiro atoms. The van der Waals surface area contributed by atoms with E-state index in [1.165, 1.54) is 0 Å². The van der Waals surface area contributed by atoms with Gasteiger partial charge in [0.15, 0.2) is 6.61 Å². The molecule has 0 radical (unpaired) electrons. The number of aliphatic carboxylic acids is 1. The fraction of sp³-hybridized carbons (Fsp3) is 0.385. The van der Waals surface area contributed by atoms with E-state index in [1.54, 1.807) is 24.3 Å². The van der Waals surface area contributed by atoms with Crippen LogP contribution in [0, 0.1) is 0 Å². The van der Waals surface area contributed by atoms with Crippen LogP contribution in [0.25, 0.3) is 0 Å². The van der Waals surface area contributed by atoms with Gasteiger partial charge in [0.25, 0.3) is 5.91 Å². The van der Waals surface area contributed by atoms with E-state index in [0.717, 1.165) is 4.47 Å². The molecule has 0 saturated heterocycles. The molecular weight excluding hydrogens is 314 g/mol. The van der Waals surface area contributed by atoms with E-state index in [1.807, 2.05) is 6.92 Å². The molecule has 0 aliphatic carbocycles. The highest BCUT2D eigenvalue weighted by atomic mass is 79.9. The zero-order valence-corrected chi connectivity index (χ0v) is 12.1. The van der Waals surface area contributed by atoms with Crippen LogP contribution in [0.1, 0.15) is 19.8 Å². The summed E-state index contributed by atoms with van der Waals surface area (Å²) in [5.74, 6) is -0.914. The van der Waals surface area contributed by atoms with Crippen molar-refractivity contribution in [1.82, 2.24) is 5.32 Å². The standard InChI is InChI=1S/C13H16BrNO4/c1-2-3-11(13(17)18)15-12(16)8-19-10-6-4-9(14)5-7-10/h4-7,11H,2-3,8H2,1H3,(H,15,16)(H,17,18)/t11-/m1/s1. The Bertz CT molecular complexity index is 433. The monoisotopic (exact) mass is 329 g/mol. The third-order valence-electron chi connectivity index (χ3n) is 2.39. The number of hydrogen-bond donors (Lipinski definition) is 2. The number of nitrogens with one attached hydrogen (secondary N) is 1. The number of carboxylic acid groups (broad SMARTS) is 1. The number of halogens is 1. The fourth-order valence-corrected chi connectivity index (χ4v) is 1.73. The molecular formula is C13H16BrNO4. The highest BCUT2D eigenvalue weighted by molar-refractivity contribution is 9.10. The topological polar surface area (TPSA) is 75.6 Å². The Kier molecular flexibility index (Phi) is 6.35. The van der Waals surface area contributed by atoms with Crippen LogP contribution in [-0.2, 0) is 9.59 Å². The minimum atomic E-state index is -1.03. The molecule has 1 amide bonds. The number of carbonyl (C=O) groups excluding carboxylic acids is 1. The van der Waals surface area contributed by atoms with Crippen LogP contribution >= 0.6 is 15.9 Å². The van der Waals surface area contributed by atoms with E-state index in [0.29, 0.717) is 18.6 Å². The third-order valence-corrected chi connectivity index (χ3v) is 2.92. The molecule has 1 aromatic carbocycles. The van der Waals surface area contributed by atoms with Crippen molar-refractivity contribution in [2.75, 3.05) is 6.61 Å². The van der Waals surface area contributed by atoms with Gasteiger partial charge in [0, 0.05) is 4.47 Å². The zero-order valence-electron chi connectivity index (χ0n) is 10.6. The van der Waals surface area contributed by atoms with Crippen molar-refractivity contribution >= 4 is 27.8 Å². The summed E-state index contributed by atoms with van der Waals surface area (Å²) in [5, 5.41) is 11.3. The highest BCUT2D eigenvalue weighted by Gasteiger charge is 2.18. The molecule has 104 valence electrons. The normalized spacial score (nSPS) is 11.7. The van der Waals surface area contributed by atoms with Gasteiger partial charge in [0.1, 0.15) is 11.8 Å². The molecule has 6 heteroatoms. The molecule has 0 heterocycles. The van der Waals surface area contributed by atoms with Crippen LogP contribution in [-0.4, -0.2) is 29.6 Å². The Hall–Kier alpha value is -1.56. The maximum Gasteiger partial charge on any atom is 0.326 e. The first kappa shape index (κ1) is 15.5. The van der Waals surface area contributed by atoms with Gasteiger partial charge in [0.2, 0.25) is 0 Å². The SMILES string of the molecule is CCC[C@@H](NC(=O)COc1ccc(Br)cc1)C(=O)O. The number of carbonyl (C=O) groups is 2. The summed E-state index contributed by atoms with van der Waals surface area (Å²) in [5.41, 5.74) is 0. The molecule has 5 nitrogen and oxygen atoms in total. The second-order valence-electron chi connectivity index (χ2n) is 3.99. The second kappa shape index (κ2) is 7.78. The lowest BCUT2D eigenvalue weighted by Gasteiger charge is -2.13. The van der Waals surface area contributed by atoms with Gasteiger partial charge in [-0.15, -0.1) is 0 Å². The van der Waals surface area contributed by atoms with Crippen LogP contribution < -0.4 is 10.1 Å². The summed E-state index contributed by atoms with van der Waals surface area (Å²) in [4.78, 5) is 22.4. The van der Waals surface area contributed by atoms with E-state index in [4.69, 9.17) is 9.84 Å². The predicted molar refractivity (Wildman–Crippen MR) is 74.1 cm³/mol. The summed E-state index contributed by atoms with van der Waals surface area (Å²) < 4.78 is 6.17. The Labute approximate surface area is 120 Å². The Balaban J connectivity index is 2.42. The predicted octanol–water partition coefficient (Wildman–Crippen LogP) is 2.20. The summed E-state index contributed by atoms with van der Waals surface area (Å²) >= 11 is 3.29. The summed E-state index contributed by atoms with van der Waals surface area (Å²) in [6, 6.07) is 6.18. The van der Waals surface area contributed by atoms with E-state index in [-0.39, 0.29) is 6.61 Å². The lowest BCUT2D eigenvalue weighted by molar-refractivity contribution is -0.142. The average molecular weight is 330 g/mol. The van der Waals surface area contributed by atoms with Gasteiger partial charge in [-0.1, -0.05) is 29.3 Å². The molecule has 0 fully saturated rings. The minimum absolute atomic E-state index is 0.199. The van der Waals surface area contributed by atoms with Gasteiger partial charge in [-0.3, -0.25) is 4.79 Å². The average Bonchev–Trinajstić information content (AvgIpc) is 2.37. The molecule has 0 bridgehead atoms. The number of carboxylic acids is 1. The quantitative estimate of drug-likeness (QED) is 0.804. The highest BCUT2D eigenvalue weighted by Crippen LogP contribution is 2.15. The van der Waals surface area contributed by atoms with Gasteiger partial charge >= 0.3 is 5.97 Å². The van der Waals surface area contributed by atoms with E-state index >= 15 is 0 Å². The Morgan fingerprint density at radius 2 is 2.00 bits per heavy atom. The Morgan fingerprint density at radius 1 is 1.37 bits per heavy atom. The summed E-state index contributed by atoms with van der Waals surface area (Å²) in [6.45, 7) is 1.66. The van der Waals surface area contributed by atoms with E-state index < -0.39 is 17.9 Å². The molecule has 0 aliphatic heterocycles. The fourth-order valence-electron chi connectivity index (χ4n) is 1.46. The first-order valence-electron chi connectivity index (χ1n) is 5.93. The van der Waals surface area contributed by atoms with E-state index in [9.17, 15) is 9.59 Å². The molecule has 1 atom stereocenters. The number of ether oxygens (including phenoxy) is 1. The molecule has 0 saturated carbocycles. The van der Waals surface area contributed by atoms with E-state index in [2.05, 4.69) is 21.2 Å². The number of rotatable bonds is 7. The van der Waals surface area contributed by atoms with Crippen molar-refractivity contribution < 1.29 is 19.4 Å². The third kappa shape index (κ3) is 5.74. The first-order valence-corrected chi connectivity index (χ1v) is 6.72. The minimum Gasteiger partial charge on any atom is -0.484 e. The summed E-state index contributed by atoms with van der Waals surface area (Å²) in [7, 11) is 0. The molecule has 0 aromatic heterocycles. The number of benzene rings is 1. The maximum atomic E-state index is 11.6. The molecule has 1 aromatic rings. The lowest BCUT2D eigenvalue weighted by atomic mass is 10.2. The second-order valence-corrected chi connectivity index (χ2v) is 4.91. The van der Waals surface area contributed by atoms with Gasteiger partial charge in [-0.2, -0.15) is 0 Å². The van der Waals surface area contributed by atoms with Crippen LogP contribution in [0.5, 0.6) is 5.75 Å². The van der Waals surface area contributed by atoms with Crippen LogP contribution in [0.3, 0.4) is 0 Å². The van der Waals surface area contributed by atoms with Gasteiger partial charge < -0.3 is 15.2 Å². The van der Waals surface area contributed by atoms with Crippen molar-refractivity contribution in [3.8, 4) is 5.75 Å². The van der Waals surface area contributed by atoms with Crippen LogP contribution in [0.2, 0.25) is 0 Å². The van der Waals surface area contributed by atoms with Crippen molar-refractivity contribution in [3.05, 3.63) is 28.7 Å². The van der Waals surface area contributed by atoms with Crippen LogP contribution in [0.4, 0.5) is 0 Å². The zero-order chi connectivity index (χ0) is 14.3. The molecule has 1 rings (SSSR count). The van der Waals surface area contributed by atoms with Crippen molar-refractivity contribution in [2.45, 2.75) is 25.8 Å². The number of hydrogen-bond acceptors (Lipinski definition) is 3. The molecule has 19 heavy (non-hydrogen) atoms. The number of amides is 1. The van der Waals surface area contributed by atoms with Gasteiger partial charge in [-0.25, -0.2) is 4.79 Å². The summed E-state index contributed by atoms with van der Waals surface area (Å²) in [6.07, 6.45) is 1.09. The smallest absolute Gasteiger partial charge is 0.326 e.